The largest absolute Gasteiger partial charge is 0.334 e. The van der Waals surface area contributed by atoms with Gasteiger partial charge < -0.3 is 14.7 Å². The van der Waals surface area contributed by atoms with Gasteiger partial charge >= 0.3 is 0 Å². The third kappa shape index (κ3) is 7.56. The van der Waals surface area contributed by atoms with Gasteiger partial charge in [0.05, 0.1) is 11.2 Å². The Morgan fingerprint density at radius 3 is 1.49 bits per heavy atom. The first kappa shape index (κ1) is 51.1. The molecule has 4 heteroatoms. The lowest BCUT2D eigenvalue weighted by molar-refractivity contribution is -0.0415. The van der Waals surface area contributed by atoms with E-state index in [2.05, 4.69) is 286 Å². The van der Waals surface area contributed by atoms with Gasteiger partial charge in [0.2, 0.25) is 0 Å². The summed E-state index contributed by atoms with van der Waals surface area (Å²) in [7, 11) is 0. The summed E-state index contributed by atoms with van der Waals surface area (Å²) in [5.74, 6) is 0. The molecule has 1 aliphatic carbocycles. The van der Waals surface area contributed by atoms with Crippen molar-refractivity contribution in [1.82, 2.24) is 0 Å². The van der Waals surface area contributed by atoms with Gasteiger partial charge in [0.25, 0.3) is 6.71 Å². The Balaban J connectivity index is 1.22. The molecule has 3 heterocycles. The number of nitrogens with zero attached hydrogens (tertiary/aromatic N) is 3. The summed E-state index contributed by atoms with van der Waals surface area (Å²) in [4.78, 5) is 8.11. The highest BCUT2D eigenvalue weighted by Gasteiger charge is 2.70. The van der Waals surface area contributed by atoms with E-state index in [4.69, 9.17) is 0 Å². The molecule has 7 aromatic carbocycles. The zero-order chi connectivity index (χ0) is 54.0. The Morgan fingerprint density at radius 2 is 0.893 bits per heavy atom. The Kier molecular flexibility index (Phi) is 11.3. The number of fused-ring (bicyclic) bond motifs is 7. The second-order valence-electron chi connectivity index (χ2n) is 29.0. The van der Waals surface area contributed by atoms with Crippen molar-refractivity contribution < 1.29 is 0 Å². The molecule has 386 valence electrons. The van der Waals surface area contributed by atoms with Crippen molar-refractivity contribution in [1.29, 1.82) is 0 Å². The molecule has 0 bridgehead atoms. The normalized spacial score (nSPS) is 20.6. The molecule has 0 N–H and O–H groups in total. The van der Waals surface area contributed by atoms with E-state index in [1.54, 1.807) is 0 Å². The van der Waals surface area contributed by atoms with Crippen LogP contribution in [0.25, 0.3) is 11.1 Å². The van der Waals surface area contributed by atoms with Crippen molar-refractivity contribution in [2.45, 2.75) is 177 Å². The van der Waals surface area contributed by atoms with Crippen LogP contribution < -0.4 is 31.1 Å². The number of anilines is 8. The molecule has 0 radical (unpaired) electrons. The maximum Gasteiger partial charge on any atom is 0.252 e. The molecule has 0 spiro atoms. The molecule has 75 heavy (non-hydrogen) atoms. The summed E-state index contributed by atoms with van der Waals surface area (Å²) in [5, 5.41) is 0. The van der Waals surface area contributed by atoms with Gasteiger partial charge in [-0.05, 0) is 175 Å². The van der Waals surface area contributed by atoms with E-state index < -0.39 is 0 Å². The number of benzene rings is 7. The molecule has 4 aliphatic rings. The van der Waals surface area contributed by atoms with Crippen LogP contribution in [0.4, 0.5) is 45.5 Å². The third-order valence-electron chi connectivity index (χ3n) is 19.6. The first-order valence-corrected chi connectivity index (χ1v) is 28.2. The monoisotopic (exact) mass is 990 g/mol. The first-order valence-electron chi connectivity index (χ1n) is 28.2. The predicted molar refractivity (Wildman–Crippen MR) is 327 cm³/mol. The Morgan fingerprint density at radius 1 is 0.413 bits per heavy atom. The summed E-state index contributed by atoms with van der Waals surface area (Å²) in [5.41, 5.74) is 24.3. The van der Waals surface area contributed by atoms with Gasteiger partial charge in [-0.25, -0.2) is 0 Å². The fourth-order valence-corrected chi connectivity index (χ4v) is 14.3. The van der Waals surface area contributed by atoms with Gasteiger partial charge in [0, 0.05) is 50.8 Å². The van der Waals surface area contributed by atoms with E-state index in [0.29, 0.717) is 0 Å². The molecule has 0 saturated heterocycles. The summed E-state index contributed by atoms with van der Waals surface area (Å²) in [6.45, 7) is 45.9. The smallest absolute Gasteiger partial charge is 0.252 e. The number of hydrogen-bond donors (Lipinski definition) is 0. The maximum atomic E-state index is 2.83. The highest BCUT2D eigenvalue weighted by atomic mass is 15.3. The van der Waals surface area contributed by atoms with Gasteiger partial charge in [-0.3, -0.25) is 0 Å². The van der Waals surface area contributed by atoms with Crippen molar-refractivity contribution in [2.24, 2.45) is 10.8 Å². The lowest BCUT2D eigenvalue weighted by atomic mass is 9.33. The molecule has 3 aliphatic heterocycles. The SMILES string of the molecule is Cc1cc2c3c(c1)N(c1ccc(C(C)(C)C)cc1-c1ccccc1)c1cc(C(C)(C)C)ccc1B3c1ccc(N3c4ccc(C(C)(C)C)cc4C4(C)C(C)(C)CCC(C)(C)C34C)cc1N2c1ccc(C(C)(C)C)cc1. The van der Waals surface area contributed by atoms with Crippen LogP contribution in [0.1, 0.15) is 171 Å². The molecule has 1 fully saturated rings. The van der Waals surface area contributed by atoms with Gasteiger partial charge in [-0.2, -0.15) is 0 Å². The molecule has 2 atom stereocenters. The van der Waals surface area contributed by atoms with Crippen LogP contribution in [0.5, 0.6) is 0 Å². The minimum Gasteiger partial charge on any atom is -0.334 e. The number of aryl methyl sites for hydroxylation is 1. The summed E-state index contributed by atoms with van der Waals surface area (Å²) >= 11 is 0. The lowest BCUT2D eigenvalue weighted by Crippen LogP contribution is -2.69. The standard InChI is InChI=1S/C71H84BN3/c1-45-39-61-63-62(40-45)74(57-35-28-48(65(5,6)7)41-53(57)46-23-21-20-22-24-46)59-43-50(67(11,12)13)27-33-55(59)72(63)56-34-32-52(44-60(56)73(61)51-30-25-47(26-31-51)64(2,3)4)75-58-36-29-49(66(8,9)10)42-54(58)70(18)68(14,15)37-38-69(16,17)71(70,75)19/h20-36,39-44H,37-38H2,1-19H3. The zero-order valence-electron chi connectivity index (χ0n) is 49.1. The highest BCUT2D eigenvalue weighted by Crippen LogP contribution is 2.71. The molecule has 0 aromatic heterocycles. The summed E-state index contributed by atoms with van der Waals surface area (Å²) < 4.78 is 0. The quantitative estimate of drug-likeness (QED) is 0.163. The minimum atomic E-state index is -0.245. The van der Waals surface area contributed by atoms with E-state index in [0.717, 1.165) is 6.42 Å². The van der Waals surface area contributed by atoms with Gasteiger partial charge in [-0.1, -0.05) is 197 Å². The molecule has 1 saturated carbocycles. The van der Waals surface area contributed by atoms with Crippen molar-refractivity contribution in [3.8, 4) is 11.1 Å². The molecular formula is C71H84BN3. The minimum absolute atomic E-state index is 0.00457. The van der Waals surface area contributed by atoms with E-state index >= 15 is 0 Å². The summed E-state index contributed by atoms with van der Waals surface area (Å²) in [6.07, 6.45) is 2.34. The van der Waals surface area contributed by atoms with Gasteiger partial charge in [-0.15, -0.1) is 0 Å². The Bertz CT molecular complexity index is 3420. The third-order valence-corrected chi connectivity index (χ3v) is 19.6. The fourth-order valence-electron chi connectivity index (χ4n) is 14.3. The molecule has 2 unspecified atom stereocenters. The molecular weight excluding hydrogens is 906 g/mol. The zero-order valence-corrected chi connectivity index (χ0v) is 49.1. The van der Waals surface area contributed by atoms with Gasteiger partial charge in [0.1, 0.15) is 0 Å². The average Bonchev–Trinajstić information content (AvgIpc) is 3.75. The van der Waals surface area contributed by atoms with Crippen LogP contribution in [-0.2, 0) is 27.1 Å². The molecule has 11 rings (SSSR count). The van der Waals surface area contributed by atoms with E-state index in [9.17, 15) is 0 Å². The van der Waals surface area contributed by atoms with E-state index in [1.807, 2.05) is 0 Å². The van der Waals surface area contributed by atoms with E-state index in [1.165, 1.54) is 113 Å². The van der Waals surface area contributed by atoms with Crippen LogP contribution in [0.15, 0.2) is 140 Å². The van der Waals surface area contributed by atoms with Crippen LogP contribution in [0.3, 0.4) is 0 Å². The van der Waals surface area contributed by atoms with Crippen molar-refractivity contribution in [3.63, 3.8) is 0 Å². The van der Waals surface area contributed by atoms with Crippen molar-refractivity contribution >= 4 is 68.6 Å². The fraction of sp³-hybridized carbons (Fsp3) is 0.408. The molecule has 3 nitrogen and oxygen atoms in total. The number of rotatable bonds is 4. The maximum absolute atomic E-state index is 2.83. The van der Waals surface area contributed by atoms with E-state index in [-0.39, 0.29) is 50.2 Å². The highest BCUT2D eigenvalue weighted by molar-refractivity contribution is 7.00. The van der Waals surface area contributed by atoms with Crippen LogP contribution in [0, 0.1) is 17.8 Å². The second kappa shape index (κ2) is 16.5. The van der Waals surface area contributed by atoms with Gasteiger partial charge in [0.15, 0.2) is 0 Å². The molecule has 0 amide bonds. The summed E-state index contributed by atoms with van der Waals surface area (Å²) in [6, 6.07) is 55.4. The predicted octanol–water partition coefficient (Wildman–Crippen LogP) is 17.9. The Hall–Kier alpha value is -6.00. The van der Waals surface area contributed by atoms with Crippen LogP contribution >= 0.6 is 0 Å². The van der Waals surface area contributed by atoms with Crippen molar-refractivity contribution in [3.05, 3.63) is 173 Å². The number of hydrogen-bond acceptors (Lipinski definition) is 3. The lowest BCUT2D eigenvalue weighted by Gasteiger charge is -2.65. The molecule has 7 aromatic rings. The van der Waals surface area contributed by atoms with Crippen LogP contribution in [-0.4, -0.2) is 12.3 Å². The topological polar surface area (TPSA) is 9.72 Å². The van der Waals surface area contributed by atoms with Crippen molar-refractivity contribution in [2.75, 3.05) is 14.7 Å². The van der Waals surface area contributed by atoms with Crippen LogP contribution in [0.2, 0.25) is 0 Å². The average molecular weight is 990 g/mol. The second-order valence-corrected chi connectivity index (χ2v) is 29.0. The Labute approximate surface area is 452 Å². The first-order chi connectivity index (χ1) is 34.9.